The van der Waals surface area contributed by atoms with Crippen LogP contribution in [0.25, 0.3) is 0 Å². The van der Waals surface area contributed by atoms with Crippen LogP contribution in [0.2, 0.25) is 5.02 Å². The molecule has 7 nitrogen and oxygen atoms in total. The first-order valence-corrected chi connectivity index (χ1v) is 5.64. The number of urea groups is 1. The Morgan fingerprint density at radius 1 is 1.30 bits per heavy atom. The van der Waals surface area contributed by atoms with Gasteiger partial charge in [0.15, 0.2) is 0 Å². The Morgan fingerprint density at radius 2 is 1.95 bits per heavy atom. The van der Waals surface area contributed by atoms with Gasteiger partial charge in [-0.25, -0.2) is 14.0 Å². The second-order valence-electron chi connectivity index (χ2n) is 3.71. The largest absolute Gasteiger partial charge is 0.481 e. The number of aliphatic carboxylic acids is 2. The van der Waals surface area contributed by atoms with Gasteiger partial charge in [-0.2, -0.15) is 0 Å². The number of amides is 2. The van der Waals surface area contributed by atoms with Crippen molar-refractivity contribution < 1.29 is 29.0 Å². The second-order valence-corrected chi connectivity index (χ2v) is 4.12. The van der Waals surface area contributed by atoms with E-state index in [-0.39, 0.29) is 10.7 Å². The molecule has 4 N–H and O–H groups in total. The SMILES string of the molecule is O=C(O)C[C@@H](NC(=O)Nc1ccc(F)cc1Cl)C(=O)O. The third-order valence-corrected chi connectivity index (χ3v) is 2.47. The van der Waals surface area contributed by atoms with Crippen molar-refractivity contribution in [3.63, 3.8) is 0 Å². The van der Waals surface area contributed by atoms with Crippen LogP contribution in [0.5, 0.6) is 0 Å². The van der Waals surface area contributed by atoms with Gasteiger partial charge in [0.25, 0.3) is 0 Å². The number of halogens is 2. The fourth-order valence-electron chi connectivity index (χ4n) is 1.28. The molecule has 0 heterocycles. The molecule has 108 valence electrons. The lowest BCUT2D eigenvalue weighted by molar-refractivity contribution is -0.145. The smallest absolute Gasteiger partial charge is 0.326 e. The molecule has 1 atom stereocenters. The van der Waals surface area contributed by atoms with E-state index in [0.29, 0.717) is 0 Å². The summed E-state index contributed by atoms with van der Waals surface area (Å²) in [6.07, 6.45) is -0.778. The van der Waals surface area contributed by atoms with Gasteiger partial charge in [0, 0.05) is 0 Å². The van der Waals surface area contributed by atoms with Crippen LogP contribution in [-0.4, -0.2) is 34.2 Å². The van der Waals surface area contributed by atoms with Crippen LogP contribution in [0, 0.1) is 5.82 Å². The third-order valence-electron chi connectivity index (χ3n) is 2.16. The van der Waals surface area contributed by atoms with Gasteiger partial charge < -0.3 is 20.8 Å². The molecule has 0 aliphatic rings. The first kappa shape index (κ1) is 15.7. The molecule has 2 amide bonds. The van der Waals surface area contributed by atoms with Gasteiger partial charge >= 0.3 is 18.0 Å². The predicted octanol–water partition coefficient (Wildman–Crippen LogP) is 1.53. The fraction of sp³-hybridized carbons (Fsp3) is 0.182. The number of hydrogen-bond acceptors (Lipinski definition) is 3. The maximum absolute atomic E-state index is 12.8. The maximum atomic E-state index is 12.8. The molecule has 1 aromatic rings. The number of nitrogens with one attached hydrogen (secondary N) is 2. The highest BCUT2D eigenvalue weighted by molar-refractivity contribution is 6.33. The zero-order valence-corrected chi connectivity index (χ0v) is 10.6. The third kappa shape index (κ3) is 4.73. The van der Waals surface area contributed by atoms with Gasteiger partial charge in [-0.15, -0.1) is 0 Å². The molecule has 0 unspecified atom stereocenters. The van der Waals surface area contributed by atoms with Crippen LogP contribution < -0.4 is 10.6 Å². The molecule has 1 rings (SSSR count). The van der Waals surface area contributed by atoms with Crippen molar-refractivity contribution in [2.45, 2.75) is 12.5 Å². The lowest BCUT2D eigenvalue weighted by Gasteiger charge is -2.13. The summed E-state index contributed by atoms with van der Waals surface area (Å²) in [4.78, 5) is 32.7. The number of carboxylic acid groups (broad SMARTS) is 2. The van der Waals surface area contributed by atoms with E-state index in [2.05, 4.69) is 5.32 Å². The number of hydrogen-bond donors (Lipinski definition) is 4. The van der Waals surface area contributed by atoms with E-state index in [0.717, 1.165) is 12.1 Å². The summed E-state index contributed by atoms with van der Waals surface area (Å²) in [6.45, 7) is 0. The van der Waals surface area contributed by atoms with E-state index in [1.54, 1.807) is 0 Å². The Kier molecular flexibility index (Phi) is 5.27. The van der Waals surface area contributed by atoms with Gasteiger partial charge in [0.05, 0.1) is 17.1 Å². The molecule has 1 aromatic carbocycles. The Bertz CT molecular complexity index is 552. The van der Waals surface area contributed by atoms with Crippen molar-refractivity contribution in [3.05, 3.63) is 29.0 Å². The molecular formula is C11H10ClFN2O5. The minimum atomic E-state index is -1.59. The number of rotatable bonds is 5. The Labute approximate surface area is 117 Å². The number of carbonyl (C=O) groups is 3. The lowest BCUT2D eigenvalue weighted by atomic mass is 10.2. The molecule has 0 saturated heterocycles. The van der Waals surface area contributed by atoms with Crippen molar-refractivity contribution in [1.82, 2.24) is 5.32 Å². The average Bonchev–Trinajstić information content (AvgIpc) is 2.31. The number of carboxylic acids is 2. The molecule has 0 bridgehead atoms. The van der Waals surface area contributed by atoms with E-state index in [1.807, 2.05) is 5.32 Å². The number of benzene rings is 1. The topological polar surface area (TPSA) is 116 Å². The Hall–Kier alpha value is -2.35. The van der Waals surface area contributed by atoms with Crippen molar-refractivity contribution >= 4 is 35.3 Å². The first-order chi connectivity index (χ1) is 9.29. The quantitative estimate of drug-likeness (QED) is 0.658. The van der Waals surface area contributed by atoms with Gasteiger partial charge in [-0.3, -0.25) is 4.79 Å². The molecule has 9 heteroatoms. The van der Waals surface area contributed by atoms with E-state index in [9.17, 15) is 18.8 Å². The van der Waals surface area contributed by atoms with Crippen LogP contribution in [-0.2, 0) is 9.59 Å². The van der Waals surface area contributed by atoms with E-state index < -0.39 is 36.2 Å². The van der Waals surface area contributed by atoms with Crippen molar-refractivity contribution in [1.29, 1.82) is 0 Å². The fourth-order valence-corrected chi connectivity index (χ4v) is 1.50. The molecule has 0 aliphatic carbocycles. The summed E-state index contributed by atoms with van der Waals surface area (Å²) in [5, 5.41) is 21.3. The predicted molar refractivity (Wildman–Crippen MR) is 67.2 cm³/mol. The first-order valence-electron chi connectivity index (χ1n) is 5.26. The second kappa shape index (κ2) is 6.71. The molecule has 0 spiro atoms. The van der Waals surface area contributed by atoms with Gasteiger partial charge in [-0.05, 0) is 18.2 Å². The number of carbonyl (C=O) groups excluding carboxylic acids is 1. The lowest BCUT2D eigenvalue weighted by Crippen LogP contribution is -2.44. The molecule has 20 heavy (non-hydrogen) atoms. The van der Waals surface area contributed by atoms with E-state index in [1.165, 1.54) is 6.07 Å². The van der Waals surface area contributed by atoms with Crippen LogP contribution >= 0.6 is 11.6 Å². The van der Waals surface area contributed by atoms with Crippen LogP contribution in [0.15, 0.2) is 18.2 Å². The highest BCUT2D eigenvalue weighted by Crippen LogP contribution is 2.22. The summed E-state index contributed by atoms with van der Waals surface area (Å²) in [7, 11) is 0. The maximum Gasteiger partial charge on any atom is 0.326 e. The minimum absolute atomic E-state index is 0.0602. The molecule has 0 aromatic heterocycles. The van der Waals surface area contributed by atoms with Crippen LogP contribution in [0.4, 0.5) is 14.9 Å². The average molecular weight is 305 g/mol. The molecule has 0 fully saturated rings. The van der Waals surface area contributed by atoms with Gasteiger partial charge in [-0.1, -0.05) is 11.6 Å². The summed E-state index contributed by atoms with van der Waals surface area (Å²) < 4.78 is 12.8. The van der Waals surface area contributed by atoms with E-state index in [4.69, 9.17) is 21.8 Å². The molecule has 0 radical (unpaired) electrons. The van der Waals surface area contributed by atoms with E-state index >= 15 is 0 Å². The standard InChI is InChI=1S/C11H10ClFN2O5/c12-6-3-5(13)1-2-7(6)14-11(20)15-8(10(18)19)4-9(16)17/h1-3,8H,4H2,(H,16,17)(H,18,19)(H2,14,15,20)/t8-/m1/s1. The molecule has 0 aliphatic heterocycles. The minimum Gasteiger partial charge on any atom is -0.481 e. The molecule has 0 saturated carbocycles. The highest BCUT2D eigenvalue weighted by atomic mass is 35.5. The van der Waals surface area contributed by atoms with Crippen LogP contribution in [0.3, 0.4) is 0 Å². The molecular weight excluding hydrogens is 295 g/mol. The van der Waals surface area contributed by atoms with Crippen molar-refractivity contribution in [3.8, 4) is 0 Å². The summed E-state index contributed by atoms with van der Waals surface area (Å²) in [5.41, 5.74) is 0.0602. The monoisotopic (exact) mass is 304 g/mol. The van der Waals surface area contributed by atoms with Gasteiger partial charge in [0.1, 0.15) is 11.9 Å². The Balaban J connectivity index is 2.70. The summed E-state index contributed by atoms with van der Waals surface area (Å²) in [5.74, 6) is -3.47. The van der Waals surface area contributed by atoms with Crippen molar-refractivity contribution in [2.24, 2.45) is 0 Å². The normalized spacial score (nSPS) is 11.5. The number of anilines is 1. The zero-order chi connectivity index (χ0) is 15.3. The van der Waals surface area contributed by atoms with Crippen molar-refractivity contribution in [2.75, 3.05) is 5.32 Å². The summed E-state index contributed by atoms with van der Waals surface area (Å²) >= 11 is 5.66. The summed E-state index contributed by atoms with van der Waals surface area (Å²) in [6, 6.07) is 0.639. The van der Waals surface area contributed by atoms with Gasteiger partial charge in [0.2, 0.25) is 0 Å². The highest BCUT2D eigenvalue weighted by Gasteiger charge is 2.23. The van der Waals surface area contributed by atoms with Crippen LogP contribution in [0.1, 0.15) is 6.42 Å². The zero-order valence-electron chi connectivity index (χ0n) is 9.89. The Morgan fingerprint density at radius 3 is 2.45 bits per heavy atom.